The lowest BCUT2D eigenvalue weighted by Crippen LogP contribution is -2.13. The van der Waals surface area contributed by atoms with Crippen molar-refractivity contribution in [1.29, 1.82) is 0 Å². The molecule has 0 saturated heterocycles. The van der Waals surface area contributed by atoms with Gasteiger partial charge < -0.3 is 5.73 Å². The number of hydrogen-bond acceptors (Lipinski definition) is 1. The Hall–Kier alpha value is -1.31. The Balaban J connectivity index is 2.33. The number of aryl methyl sites for hydroxylation is 1. The van der Waals surface area contributed by atoms with E-state index in [-0.39, 0.29) is 6.04 Å². The van der Waals surface area contributed by atoms with Crippen molar-refractivity contribution in [1.82, 2.24) is 0 Å². The number of nitrogens with two attached hydrogens (primary N) is 1. The van der Waals surface area contributed by atoms with Crippen molar-refractivity contribution >= 4 is 11.6 Å². The minimum absolute atomic E-state index is 0.172. The van der Waals surface area contributed by atoms with Crippen molar-refractivity contribution in [2.45, 2.75) is 33.2 Å². The van der Waals surface area contributed by atoms with Gasteiger partial charge in [0.25, 0.3) is 0 Å². The quantitative estimate of drug-likeness (QED) is 0.851. The molecule has 2 rings (SSSR count). The summed E-state index contributed by atoms with van der Waals surface area (Å²) in [4.78, 5) is 0. The van der Waals surface area contributed by atoms with Crippen LogP contribution < -0.4 is 5.73 Å². The monoisotopic (exact) mass is 287 g/mol. The van der Waals surface area contributed by atoms with Crippen molar-refractivity contribution in [3.05, 3.63) is 69.7 Å². The Morgan fingerprint density at radius 3 is 2.50 bits per heavy atom. The third-order valence-corrected chi connectivity index (χ3v) is 4.03. The summed E-state index contributed by atoms with van der Waals surface area (Å²) in [6.45, 7) is 6.46. The van der Waals surface area contributed by atoms with E-state index in [4.69, 9.17) is 17.3 Å². The molecular weight excluding hydrogens is 266 g/mol. The first-order valence-corrected chi connectivity index (χ1v) is 7.46. The van der Waals surface area contributed by atoms with Crippen molar-refractivity contribution in [2.24, 2.45) is 11.7 Å². The molecule has 0 aromatic heterocycles. The fraction of sp³-hybridized carbons (Fsp3) is 0.333. The summed E-state index contributed by atoms with van der Waals surface area (Å²) in [6.07, 6.45) is 1.07. The molecule has 1 atom stereocenters. The lowest BCUT2D eigenvalue weighted by molar-refractivity contribution is 0.646. The second-order valence-electron chi connectivity index (χ2n) is 5.80. The van der Waals surface area contributed by atoms with Crippen LogP contribution in [0, 0.1) is 12.8 Å². The first-order chi connectivity index (χ1) is 9.49. The summed E-state index contributed by atoms with van der Waals surface area (Å²) < 4.78 is 0. The zero-order valence-corrected chi connectivity index (χ0v) is 13.1. The fourth-order valence-electron chi connectivity index (χ4n) is 2.47. The summed E-state index contributed by atoms with van der Waals surface area (Å²) in [7, 11) is 0. The Morgan fingerprint density at radius 2 is 1.80 bits per heavy atom. The molecule has 2 aromatic rings. The highest BCUT2D eigenvalue weighted by Crippen LogP contribution is 2.29. The molecular formula is C18H22ClN. The Bertz CT molecular complexity index is 590. The van der Waals surface area contributed by atoms with Crippen LogP contribution in [0.25, 0.3) is 0 Å². The molecule has 0 bridgehead atoms. The van der Waals surface area contributed by atoms with E-state index in [2.05, 4.69) is 38.1 Å². The topological polar surface area (TPSA) is 26.0 Å². The van der Waals surface area contributed by atoms with E-state index in [0.717, 1.165) is 28.1 Å². The van der Waals surface area contributed by atoms with E-state index in [1.54, 1.807) is 0 Å². The number of rotatable bonds is 4. The van der Waals surface area contributed by atoms with Crippen LogP contribution >= 0.6 is 11.6 Å². The van der Waals surface area contributed by atoms with Gasteiger partial charge in [-0.15, -0.1) is 0 Å². The number of benzene rings is 2. The van der Waals surface area contributed by atoms with Crippen LogP contribution in [0.4, 0.5) is 0 Å². The normalized spacial score (nSPS) is 12.7. The second-order valence-corrected chi connectivity index (χ2v) is 6.18. The van der Waals surface area contributed by atoms with Gasteiger partial charge in [0.15, 0.2) is 0 Å². The van der Waals surface area contributed by atoms with E-state index in [1.165, 1.54) is 5.56 Å². The molecule has 2 N–H and O–H groups in total. The SMILES string of the molecule is Cc1cccc(C(N)c2cccc(CC(C)C)c2)c1Cl. The Kier molecular flexibility index (Phi) is 4.85. The van der Waals surface area contributed by atoms with E-state index in [0.29, 0.717) is 5.92 Å². The van der Waals surface area contributed by atoms with Gasteiger partial charge in [-0.25, -0.2) is 0 Å². The van der Waals surface area contributed by atoms with Crippen LogP contribution in [-0.4, -0.2) is 0 Å². The highest BCUT2D eigenvalue weighted by atomic mass is 35.5. The molecule has 0 aliphatic rings. The van der Waals surface area contributed by atoms with Crippen LogP contribution in [0.1, 0.15) is 42.1 Å². The standard InChI is InChI=1S/C18H22ClN/c1-12(2)10-14-7-5-8-15(11-14)18(20)16-9-4-6-13(3)17(16)19/h4-9,11-12,18H,10,20H2,1-3H3. The second kappa shape index (κ2) is 6.43. The molecule has 0 amide bonds. The molecule has 2 heteroatoms. The zero-order valence-electron chi connectivity index (χ0n) is 12.4. The summed E-state index contributed by atoms with van der Waals surface area (Å²) in [5.41, 5.74) is 10.9. The van der Waals surface area contributed by atoms with E-state index in [9.17, 15) is 0 Å². The average Bonchev–Trinajstić information content (AvgIpc) is 2.41. The van der Waals surface area contributed by atoms with Gasteiger partial charge in [-0.3, -0.25) is 0 Å². The van der Waals surface area contributed by atoms with E-state index in [1.807, 2.05) is 25.1 Å². The fourth-order valence-corrected chi connectivity index (χ4v) is 2.72. The largest absolute Gasteiger partial charge is 0.320 e. The maximum Gasteiger partial charge on any atom is 0.0566 e. The first-order valence-electron chi connectivity index (χ1n) is 7.08. The Morgan fingerprint density at radius 1 is 1.10 bits per heavy atom. The lowest BCUT2D eigenvalue weighted by Gasteiger charge is -2.17. The van der Waals surface area contributed by atoms with Gasteiger partial charge in [0, 0.05) is 5.02 Å². The minimum Gasteiger partial charge on any atom is -0.320 e. The molecule has 0 fully saturated rings. The molecule has 0 aliphatic carbocycles. The summed E-state index contributed by atoms with van der Waals surface area (Å²) in [5.74, 6) is 0.643. The molecule has 1 unspecified atom stereocenters. The maximum atomic E-state index is 6.40. The Labute approximate surface area is 126 Å². The molecule has 1 nitrogen and oxygen atoms in total. The van der Waals surface area contributed by atoms with Crippen LogP contribution in [0.15, 0.2) is 42.5 Å². The van der Waals surface area contributed by atoms with Gasteiger partial charge in [0.05, 0.1) is 6.04 Å². The van der Waals surface area contributed by atoms with Gasteiger partial charge in [0.1, 0.15) is 0 Å². The van der Waals surface area contributed by atoms with Crippen LogP contribution in [0.5, 0.6) is 0 Å². The van der Waals surface area contributed by atoms with Crippen LogP contribution in [0.2, 0.25) is 5.02 Å². The maximum absolute atomic E-state index is 6.40. The minimum atomic E-state index is -0.172. The van der Waals surface area contributed by atoms with Crippen LogP contribution in [0.3, 0.4) is 0 Å². The summed E-state index contributed by atoms with van der Waals surface area (Å²) in [6, 6.07) is 14.4. The van der Waals surface area contributed by atoms with Crippen molar-refractivity contribution in [3.63, 3.8) is 0 Å². The van der Waals surface area contributed by atoms with Crippen molar-refractivity contribution in [2.75, 3.05) is 0 Å². The number of hydrogen-bond donors (Lipinski definition) is 1. The lowest BCUT2D eigenvalue weighted by atomic mass is 9.94. The van der Waals surface area contributed by atoms with Gasteiger partial charge >= 0.3 is 0 Å². The molecule has 20 heavy (non-hydrogen) atoms. The highest BCUT2D eigenvalue weighted by molar-refractivity contribution is 6.32. The third-order valence-electron chi connectivity index (χ3n) is 3.51. The summed E-state index contributed by atoms with van der Waals surface area (Å²) in [5, 5.41) is 0.772. The zero-order chi connectivity index (χ0) is 14.7. The smallest absolute Gasteiger partial charge is 0.0566 e. The van der Waals surface area contributed by atoms with E-state index >= 15 is 0 Å². The molecule has 0 spiro atoms. The van der Waals surface area contributed by atoms with E-state index < -0.39 is 0 Å². The predicted octanol–water partition coefficient (Wildman–Crippen LogP) is 4.90. The van der Waals surface area contributed by atoms with Crippen molar-refractivity contribution < 1.29 is 0 Å². The molecule has 2 aromatic carbocycles. The van der Waals surface area contributed by atoms with Gasteiger partial charge in [-0.05, 0) is 41.5 Å². The van der Waals surface area contributed by atoms with Crippen LogP contribution in [-0.2, 0) is 6.42 Å². The number of halogens is 1. The average molecular weight is 288 g/mol. The molecule has 0 heterocycles. The third kappa shape index (κ3) is 3.41. The molecule has 0 radical (unpaired) electrons. The molecule has 0 aliphatic heterocycles. The summed E-state index contributed by atoms with van der Waals surface area (Å²) >= 11 is 6.38. The van der Waals surface area contributed by atoms with Gasteiger partial charge in [-0.2, -0.15) is 0 Å². The first kappa shape index (κ1) is 15.1. The van der Waals surface area contributed by atoms with Gasteiger partial charge in [0.2, 0.25) is 0 Å². The molecule has 106 valence electrons. The van der Waals surface area contributed by atoms with Crippen molar-refractivity contribution in [3.8, 4) is 0 Å². The highest BCUT2D eigenvalue weighted by Gasteiger charge is 2.14. The predicted molar refractivity (Wildman–Crippen MR) is 87.2 cm³/mol. The van der Waals surface area contributed by atoms with Gasteiger partial charge in [-0.1, -0.05) is 67.9 Å². The molecule has 0 saturated carbocycles.